The van der Waals surface area contributed by atoms with E-state index >= 15 is 0 Å². The minimum absolute atomic E-state index is 0.310. The van der Waals surface area contributed by atoms with E-state index in [0.29, 0.717) is 10.9 Å². The van der Waals surface area contributed by atoms with Crippen LogP contribution in [0.1, 0.15) is 30.1 Å². The van der Waals surface area contributed by atoms with E-state index < -0.39 is 5.97 Å². The first-order valence-corrected chi connectivity index (χ1v) is 6.97. The summed E-state index contributed by atoms with van der Waals surface area (Å²) < 4.78 is 0. The number of carboxylic acids is 1. The van der Waals surface area contributed by atoms with Crippen molar-refractivity contribution in [2.75, 3.05) is 5.75 Å². The fourth-order valence-electron chi connectivity index (χ4n) is 1.72. The Morgan fingerprint density at radius 2 is 2.17 bits per heavy atom. The number of hydrogen-bond acceptors (Lipinski definition) is 3. The van der Waals surface area contributed by atoms with Gasteiger partial charge in [-0.1, -0.05) is 19.4 Å². The molecule has 0 unspecified atom stereocenters. The summed E-state index contributed by atoms with van der Waals surface area (Å²) in [5.41, 5.74) is 1.06. The monoisotopic (exact) mass is 261 g/mol. The molecule has 1 aromatic heterocycles. The fraction of sp³-hybridized carbons (Fsp3) is 0.286. The average molecular weight is 261 g/mol. The Labute approximate surface area is 110 Å². The van der Waals surface area contributed by atoms with Crippen LogP contribution in [-0.2, 0) is 0 Å². The minimum Gasteiger partial charge on any atom is -0.478 e. The van der Waals surface area contributed by atoms with Crippen LogP contribution in [-0.4, -0.2) is 21.8 Å². The molecule has 0 radical (unpaired) electrons. The Morgan fingerprint density at radius 1 is 1.33 bits per heavy atom. The number of nitrogens with zero attached hydrogens (tertiary/aromatic N) is 1. The lowest BCUT2D eigenvalue weighted by atomic mass is 10.1. The van der Waals surface area contributed by atoms with E-state index in [1.807, 2.05) is 18.2 Å². The summed E-state index contributed by atoms with van der Waals surface area (Å²) in [4.78, 5) is 15.6. The van der Waals surface area contributed by atoms with Crippen LogP contribution in [0.25, 0.3) is 10.9 Å². The number of benzene rings is 1. The summed E-state index contributed by atoms with van der Waals surface area (Å²) in [5, 5.41) is 10.7. The number of thioether (sulfide) groups is 1. The van der Waals surface area contributed by atoms with E-state index in [2.05, 4.69) is 11.9 Å². The summed E-state index contributed by atoms with van der Waals surface area (Å²) in [5.74, 6) is 0.141. The molecule has 0 atom stereocenters. The van der Waals surface area contributed by atoms with Crippen LogP contribution in [0.5, 0.6) is 0 Å². The van der Waals surface area contributed by atoms with Crippen molar-refractivity contribution in [3.8, 4) is 0 Å². The molecule has 0 bridgehead atoms. The van der Waals surface area contributed by atoms with E-state index in [9.17, 15) is 4.79 Å². The zero-order valence-electron chi connectivity index (χ0n) is 10.2. The molecule has 0 aliphatic rings. The molecule has 0 fully saturated rings. The molecule has 0 aliphatic carbocycles. The molecule has 0 saturated carbocycles. The van der Waals surface area contributed by atoms with Gasteiger partial charge < -0.3 is 5.11 Å². The number of hydrogen-bond donors (Lipinski definition) is 1. The van der Waals surface area contributed by atoms with Crippen LogP contribution in [0.4, 0.5) is 0 Å². The Hall–Kier alpha value is -1.55. The molecule has 0 amide bonds. The smallest absolute Gasteiger partial charge is 0.336 e. The first-order chi connectivity index (χ1) is 8.72. The van der Waals surface area contributed by atoms with Crippen molar-refractivity contribution in [1.82, 2.24) is 4.98 Å². The van der Waals surface area contributed by atoms with Crippen molar-refractivity contribution < 1.29 is 9.90 Å². The second kappa shape index (κ2) is 5.87. The first-order valence-electron chi connectivity index (χ1n) is 5.98. The highest BCUT2D eigenvalue weighted by atomic mass is 32.2. The van der Waals surface area contributed by atoms with Crippen molar-refractivity contribution in [1.29, 1.82) is 0 Å². The molecule has 18 heavy (non-hydrogen) atoms. The van der Waals surface area contributed by atoms with Crippen LogP contribution >= 0.6 is 11.8 Å². The third-order valence-electron chi connectivity index (χ3n) is 2.68. The van der Waals surface area contributed by atoms with Gasteiger partial charge in [0.2, 0.25) is 0 Å². The molecule has 1 heterocycles. The van der Waals surface area contributed by atoms with Gasteiger partial charge >= 0.3 is 5.97 Å². The second-order valence-electron chi connectivity index (χ2n) is 4.03. The maximum absolute atomic E-state index is 11.1. The van der Waals surface area contributed by atoms with E-state index in [4.69, 9.17) is 5.11 Å². The highest BCUT2D eigenvalue weighted by molar-refractivity contribution is 7.99. The van der Waals surface area contributed by atoms with Crippen LogP contribution in [0.2, 0.25) is 0 Å². The van der Waals surface area contributed by atoms with Gasteiger partial charge in [-0.2, -0.15) is 0 Å². The predicted octanol–water partition coefficient (Wildman–Crippen LogP) is 3.83. The van der Waals surface area contributed by atoms with Crippen LogP contribution < -0.4 is 0 Å². The molecule has 1 aromatic carbocycles. The van der Waals surface area contributed by atoms with Crippen molar-refractivity contribution >= 4 is 28.6 Å². The third-order valence-corrected chi connectivity index (χ3v) is 3.70. The molecular formula is C14H15NO2S. The molecular weight excluding hydrogens is 246 g/mol. The highest BCUT2D eigenvalue weighted by Crippen LogP contribution is 2.23. The van der Waals surface area contributed by atoms with Gasteiger partial charge in [-0.15, -0.1) is 11.8 Å². The Kier molecular flexibility index (Phi) is 4.20. The second-order valence-corrected chi connectivity index (χ2v) is 5.14. The molecule has 2 rings (SSSR count). The number of aromatic carboxylic acids is 1. The van der Waals surface area contributed by atoms with Crippen molar-refractivity contribution in [2.24, 2.45) is 0 Å². The van der Waals surface area contributed by atoms with Crippen LogP contribution in [0.3, 0.4) is 0 Å². The number of pyridine rings is 1. The zero-order chi connectivity index (χ0) is 13.0. The summed E-state index contributed by atoms with van der Waals surface area (Å²) in [6, 6.07) is 8.94. The van der Waals surface area contributed by atoms with Crippen molar-refractivity contribution in [3.05, 3.63) is 35.9 Å². The van der Waals surface area contributed by atoms with E-state index in [1.54, 1.807) is 23.9 Å². The molecule has 0 saturated heterocycles. The molecule has 0 spiro atoms. The summed E-state index contributed by atoms with van der Waals surface area (Å²) in [6.45, 7) is 2.16. The van der Waals surface area contributed by atoms with Crippen molar-refractivity contribution in [3.63, 3.8) is 0 Å². The van der Waals surface area contributed by atoms with E-state index in [0.717, 1.165) is 16.3 Å². The SMILES string of the molecule is CCCCSc1ccc2c(C(=O)O)cccc2n1. The number of carbonyl (C=O) groups is 1. The van der Waals surface area contributed by atoms with Gasteiger partial charge in [-0.05, 0) is 36.4 Å². The van der Waals surface area contributed by atoms with Gasteiger partial charge in [-0.3, -0.25) is 0 Å². The number of aromatic nitrogens is 1. The summed E-state index contributed by atoms with van der Waals surface area (Å²) in [7, 11) is 0. The molecule has 0 aliphatic heterocycles. The lowest BCUT2D eigenvalue weighted by Crippen LogP contribution is -1.98. The zero-order valence-corrected chi connectivity index (χ0v) is 11.0. The van der Waals surface area contributed by atoms with Gasteiger partial charge in [0.05, 0.1) is 16.1 Å². The number of carboxylic acid groups (broad SMARTS) is 1. The van der Waals surface area contributed by atoms with Gasteiger partial charge in [0.25, 0.3) is 0 Å². The summed E-state index contributed by atoms with van der Waals surface area (Å²) >= 11 is 1.72. The fourth-order valence-corrected chi connectivity index (χ4v) is 2.69. The standard InChI is InChI=1S/C14H15NO2S/c1-2-3-9-18-13-8-7-10-11(14(16)17)5-4-6-12(10)15-13/h4-8H,2-3,9H2,1H3,(H,16,17). The Balaban J connectivity index is 2.32. The molecule has 94 valence electrons. The van der Waals surface area contributed by atoms with Gasteiger partial charge in [-0.25, -0.2) is 9.78 Å². The average Bonchev–Trinajstić information content (AvgIpc) is 2.38. The summed E-state index contributed by atoms with van der Waals surface area (Å²) in [6.07, 6.45) is 2.34. The maximum atomic E-state index is 11.1. The van der Waals surface area contributed by atoms with Crippen LogP contribution in [0, 0.1) is 0 Å². The maximum Gasteiger partial charge on any atom is 0.336 e. The van der Waals surface area contributed by atoms with Gasteiger partial charge in [0.1, 0.15) is 0 Å². The van der Waals surface area contributed by atoms with Gasteiger partial charge in [0, 0.05) is 5.39 Å². The van der Waals surface area contributed by atoms with E-state index in [-0.39, 0.29) is 0 Å². The molecule has 4 heteroatoms. The molecule has 3 nitrogen and oxygen atoms in total. The highest BCUT2D eigenvalue weighted by Gasteiger charge is 2.08. The molecule has 2 aromatic rings. The largest absolute Gasteiger partial charge is 0.478 e. The normalized spacial score (nSPS) is 10.7. The quantitative estimate of drug-likeness (QED) is 0.656. The third kappa shape index (κ3) is 2.82. The van der Waals surface area contributed by atoms with Crippen LogP contribution in [0.15, 0.2) is 35.4 Å². The van der Waals surface area contributed by atoms with Gasteiger partial charge in [0.15, 0.2) is 0 Å². The Morgan fingerprint density at radius 3 is 2.89 bits per heavy atom. The Bertz CT molecular complexity index is 569. The number of rotatable bonds is 5. The van der Waals surface area contributed by atoms with Crippen molar-refractivity contribution in [2.45, 2.75) is 24.8 Å². The minimum atomic E-state index is -0.909. The number of fused-ring (bicyclic) bond motifs is 1. The lowest BCUT2D eigenvalue weighted by Gasteiger charge is -2.04. The topological polar surface area (TPSA) is 50.2 Å². The number of unbranched alkanes of at least 4 members (excludes halogenated alkanes) is 1. The van der Waals surface area contributed by atoms with E-state index in [1.165, 1.54) is 12.8 Å². The predicted molar refractivity (Wildman–Crippen MR) is 74.3 cm³/mol. The molecule has 1 N–H and O–H groups in total. The lowest BCUT2D eigenvalue weighted by molar-refractivity contribution is 0.0699. The first kappa shape index (κ1) is 12.9.